The van der Waals surface area contributed by atoms with Crippen molar-refractivity contribution in [3.63, 3.8) is 0 Å². The minimum absolute atomic E-state index is 0.112. The van der Waals surface area contributed by atoms with Crippen molar-refractivity contribution in [1.29, 1.82) is 0 Å². The molecule has 31 heavy (non-hydrogen) atoms. The summed E-state index contributed by atoms with van der Waals surface area (Å²) in [4.78, 5) is 65.1. The molecule has 4 N–H and O–H groups in total. The van der Waals surface area contributed by atoms with Crippen molar-refractivity contribution in [1.82, 2.24) is 10.6 Å². The molecule has 176 valence electrons. The smallest absolute Gasteiger partial charge is 0.328 e. The number of rotatable bonds is 12. The molecule has 1 heterocycles. The molecule has 0 aliphatic carbocycles. The number of amides is 2. The van der Waals surface area contributed by atoms with Gasteiger partial charge in [-0.25, -0.2) is 9.59 Å². The second kappa shape index (κ2) is 15.9. The molecule has 0 saturated carbocycles. The molecule has 1 rings (SSSR count). The number of carbonyl (C=O) groups is 6. The fourth-order valence-electron chi connectivity index (χ4n) is 2.20. The van der Waals surface area contributed by atoms with E-state index in [1.807, 2.05) is 0 Å². The molecular weight excluding hydrogens is 440 g/mol. The molecule has 0 aromatic rings. The van der Waals surface area contributed by atoms with Crippen molar-refractivity contribution in [2.24, 2.45) is 0 Å². The Bertz CT molecular complexity index is 655. The normalized spacial score (nSPS) is 15.5. The molecule has 2 atom stereocenters. The zero-order chi connectivity index (χ0) is 23.8. The number of halogens is 1. The standard InChI is InChI=1S/C10H16ClNO5.C8H11NO5/c1-2-17-10(16)7(5-6-11)12-8(13)3-4-9(14)15;10-6(1-2-7(11)12)9-5-3-4-14-8(5)13/h7H,2-6H2,1H3,(H,12,13)(H,14,15);5H,1-4H2,(H,9,10)(H,11,12)/t7-;5-/m00/s1. The first-order chi connectivity index (χ1) is 14.6. The third-order valence-electron chi connectivity index (χ3n) is 3.71. The van der Waals surface area contributed by atoms with Gasteiger partial charge in [0.05, 0.1) is 26.1 Å². The van der Waals surface area contributed by atoms with Gasteiger partial charge in [-0.05, 0) is 13.3 Å². The van der Waals surface area contributed by atoms with Crippen molar-refractivity contribution in [3.8, 4) is 0 Å². The summed E-state index contributed by atoms with van der Waals surface area (Å²) in [5, 5.41) is 21.5. The largest absolute Gasteiger partial charge is 0.481 e. The van der Waals surface area contributed by atoms with Crippen molar-refractivity contribution >= 4 is 47.3 Å². The third-order valence-corrected chi connectivity index (χ3v) is 3.92. The van der Waals surface area contributed by atoms with Gasteiger partial charge in [-0.3, -0.25) is 19.2 Å². The van der Waals surface area contributed by atoms with Crippen LogP contribution in [0.2, 0.25) is 0 Å². The Morgan fingerprint density at radius 3 is 2.13 bits per heavy atom. The Morgan fingerprint density at radius 2 is 1.68 bits per heavy atom. The second-order valence-corrected chi connectivity index (χ2v) is 6.59. The molecule has 0 spiro atoms. The molecule has 0 unspecified atom stereocenters. The van der Waals surface area contributed by atoms with E-state index in [-0.39, 0.29) is 44.6 Å². The van der Waals surface area contributed by atoms with Gasteiger partial charge in [0.15, 0.2) is 0 Å². The predicted octanol–water partition coefficient (Wildman–Crippen LogP) is -0.189. The van der Waals surface area contributed by atoms with Gasteiger partial charge in [-0.15, -0.1) is 11.6 Å². The minimum Gasteiger partial charge on any atom is -0.481 e. The predicted molar refractivity (Wildman–Crippen MR) is 105 cm³/mol. The summed E-state index contributed by atoms with van der Waals surface area (Å²) < 4.78 is 9.38. The van der Waals surface area contributed by atoms with Crippen molar-refractivity contribution < 1.29 is 48.5 Å². The number of carbonyl (C=O) groups excluding carboxylic acids is 4. The fourth-order valence-corrected chi connectivity index (χ4v) is 2.42. The topological polar surface area (TPSA) is 185 Å². The molecule has 1 fully saturated rings. The Balaban J connectivity index is 0.000000590. The first-order valence-corrected chi connectivity index (χ1v) is 10.1. The number of carboxylic acids is 2. The van der Waals surface area contributed by atoms with Crippen molar-refractivity contribution in [2.45, 2.75) is 57.5 Å². The zero-order valence-corrected chi connectivity index (χ0v) is 17.8. The van der Waals surface area contributed by atoms with Gasteiger partial charge in [0, 0.05) is 25.1 Å². The van der Waals surface area contributed by atoms with Crippen LogP contribution in [-0.2, 0) is 38.2 Å². The highest BCUT2D eigenvalue weighted by molar-refractivity contribution is 6.18. The van der Waals surface area contributed by atoms with Crippen LogP contribution in [0.15, 0.2) is 0 Å². The lowest BCUT2D eigenvalue weighted by atomic mass is 10.2. The zero-order valence-electron chi connectivity index (χ0n) is 17.1. The Labute approximate surface area is 183 Å². The SMILES string of the molecule is CCOC(=O)[C@H](CCCl)NC(=O)CCC(=O)O.O=C(O)CCC(=O)N[C@H]1CCOC1=O. The number of hydrogen-bond acceptors (Lipinski definition) is 8. The van der Waals surface area contributed by atoms with Crippen LogP contribution in [0.3, 0.4) is 0 Å². The molecular formula is C18H27ClN2O10. The number of alkyl halides is 1. The quantitative estimate of drug-likeness (QED) is 0.222. The highest BCUT2D eigenvalue weighted by Gasteiger charge is 2.27. The van der Waals surface area contributed by atoms with Crippen molar-refractivity contribution in [3.05, 3.63) is 0 Å². The van der Waals surface area contributed by atoms with Gasteiger partial charge in [-0.1, -0.05) is 0 Å². The number of aliphatic carboxylic acids is 2. The highest BCUT2D eigenvalue weighted by atomic mass is 35.5. The van der Waals surface area contributed by atoms with Gasteiger partial charge in [-0.2, -0.15) is 0 Å². The van der Waals surface area contributed by atoms with Crippen LogP contribution in [0.4, 0.5) is 0 Å². The van der Waals surface area contributed by atoms with Crippen LogP contribution in [0.1, 0.15) is 45.4 Å². The van der Waals surface area contributed by atoms with Gasteiger partial charge in [0.1, 0.15) is 12.1 Å². The van der Waals surface area contributed by atoms with Crippen LogP contribution >= 0.6 is 11.6 Å². The number of hydrogen-bond donors (Lipinski definition) is 4. The monoisotopic (exact) mass is 466 g/mol. The Morgan fingerprint density at radius 1 is 1.10 bits per heavy atom. The Kier molecular flexibility index (Phi) is 14.4. The van der Waals surface area contributed by atoms with E-state index in [0.29, 0.717) is 13.0 Å². The number of carboxylic acid groups (broad SMARTS) is 2. The maximum atomic E-state index is 11.4. The molecule has 13 heteroatoms. The summed E-state index contributed by atoms with van der Waals surface area (Å²) >= 11 is 5.50. The maximum Gasteiger partial charge on any atom is 0.328 e. The van der Waals surface area contributed by atoms with Crippen LogP contribution in [0.25, 0.3) is 0 Å². The number of ether oxygens (including phenoxy) is 2. The van der Waals surface area contributed by atoms with E-state index < -0.39 is 47.8 Å². The summed E-state index contributed by atoms with van der Waals surface area (Å²) in [6.07, 6.45) is -0.0840. The highest BCUT2D eigenvalue weighted by Crippen LogP contribution is 2.06. The summed E-state index contributed by atoms with van der Waals surface area (Å²) in [5.41, 5.74) is 0. The fraction of sp³-hybridized carbons (Fsp3) is 0.667. The molecule has 0 aromatic heterocycles. The molecule has 12 nitrogen and oxygen atoms in total. The second-order valence-electron chi connectivity index (χ2n) is 6.21. The van der Waals surface area contributed by atoms with E-state index in [1.165, 1.54) is 0 Å². The lowest BCUT2D eigenvalue weighted by Gasteiger charge is -2.15. The Hall–Kier alpha value is -2.89. The lowest BCUT2D eigenvalue weighted by Crippen LogP contribution is -2.42. The maximum absolute atomic E-state index is 11.4. The van der Waals surface area contributed by atoms with Gasteiger partial charge in [0.25, 0.3) is 0 Å². The number of nitrogens with one attached hydrogen (secondary N) is 2. The van der Waals surface area contributed by atoms with E-state index >= 15 is 0 Å². The molecule has 1 saturated heterocycles. The minimum atomic E-state index is -1.06. The number of cyclic esters (lactones) is 1. The van der Waals surface area contributed by atoms with Crippen LogP contribution in [-0.4, -0.2) is 77.1 Å². The molecule has 2 amide bonds. The van der Waals surface area contributed by atoms with Crippen LogP contribution in [0.5, 0.6) is 0 Å². The lowest BCUT2D eigenvalue weighted by molar-refractivity contribution is -0.147. The van der Waals surface area contributed by atoms with E-state index in [2.05, 4.69) is 15.4 Å². The van der Waals surface area contributed by atoms with Crippen molar-refractivity contribution in [2.75, 3.05) is 19.1 Å². The number of esters is 2. The molecule has 0 aromatic carbocycles. The van der Waals surface area contributed by atoms with E-state index in [4.69, 9.17) is 26.6 Å². The average Bonchev–Trinajstić information content (AvgIpc) is 3.09. The molecule has 0 bridgehead atoms. The van der Waals surface area contributed by atoms with Crippen LogP contribution in [0, 0.1) is 0 Å². The summed E-state index contributed by atoms with van der Waals surface area (Å²) in [5.74, 6) is -3.85. The molecule has 0 radical (unpaired) electrons. The van der Waals surface area contributed by atoms with E-state index in [1.54, 1.807) is 6.92 Å². The van der Waals surface area contributed by atoms with Gasteiger partial charge >= 0.3 is 23.9 Å². The van der Waals surface area contributed by atoms with Crippen LogP contribution < -0.4 is 10.6 Å². The molecule has 1 aliphatic heterocycles. The first kappa shape index (κ1) is 28.1. The summed E-state index contributed by atoms with van der Waals surface area (Å²) in [6, 6.07) is -1.41. The average molecular weight is 467 g/mol. The van der Waals surface area contributed by atoms with Gasteiger partial charge < -0.3 is 30.3 Å². The van der Waals surface area contributed by atoms with E-state index in [9.17, 15) is 28.8 Å². The third kappa shape index (κ3) is 13.9. The first-order valence-electron chi connectivity index (χ1n) is 9.52. The van der Waals surface area contributed by atoms with Gasteiger partial charge in [0.2, 0.25) is 11.8 Å². The molecule has 1 aliphatic rings. The van der Waals surface area contributed by atoms with E-state index in [0.717, 1.165) is 0 Å². The summed E-state index contributed by atoms with van der Waals surface area (Å²) in [6.45, 7) is 2.17. The summed E-state index contributed by atoms with van der Waals surface area (Å²) in [7, 11) is 0.